The van der Waals surface area contributed by atoms with Gasteiger partial charge in [0.05, 0.1) is 6.54 Å². The predicted molar refractivity (Wildman–Crippen MR) is 118 cm³/mol. The summed E-state index contributed by atoms with van der Waals surface area (Å²) in [6.07, 6.45) is 4.95. The van der Waals surface area contributed by atoms with E-state index in [4.69, 9.17) is 0 Å². The number of aromatic nitrogens is 2. The van der Waals surface area contributed by atoms with E-state index in [1.54, 1.807) is 7.05 Å². The summed E-state index contributed by atoms with van der Waals surface area (Å²) in [5.41, 5.74) is 1.27. The van der Waals surface area contributed by atoms with Crippen LogP contribution in [-0.2, 0) is 13.1 Å². The molecule has 0 fully saturated rings. The van der Waals surface area contributed by atoms with Crippen LogP contribution in [-0.4, -0.2) is 52.6 Å². The van der Waals surface area contributed by atoms with Gasteiger partial charge in [0.15, 0.2) is 5.96 Å². The van der Waals surface area contributed by atoms with Crippen molar-refractivity contribution in [3.05, 3.63) is 54.1 Å². The van der Waals surface area contributed by atoms with Crippen molar-refractivity contribution in [1.29, 1.82) is 0 Å². The molecule has 0 radical (unpaired) electrons. The summed E-state index contributed by atoms with van der Waals surface area (Å²) in [6.45, 7) is 12.5. The largest absolute Gasteiger partial charge is 0.356 e. The normalized spacial score (nSPS) is 12.2. The van der Waals surface area contributed by atoms with Crippen molar-refractivity contribution >= 4 is 5.96 Å². The van der Waals surface area contributed by atoms with E-state index in [2.05, 4.69) is 82.0 Å². The fraction of sp³-hybridized carbons (Fsp3) is 0.545. The lowest BCUT2D eigenvalue weighted by Crippen LogP contribution is -2.41. The molecule has 0 amide bonds. The Kier molecular flexibility index (Phi) is 9.01. The van der Waals surface area contributed by atoms with Crippen LogP contribution >= 0.6 is 0 Å². The highest BCUT2D eigenvalue weighted by atomic mass is 15.2. The molecular weight excluding hydrogens is 348 g/mol. The van der Waals surface area contributed by atoms with Crippen molar-refractivity contribution in [2.24, 2.45) is 4.99 Å². The topological polar surface area (TPSA) is 57.5 Å². The van der Waals surface area contributed by atoms with E-state index in [1.165, 1.54) is 5.56 Å². The molecule has 1 aromatic heterocycles. The second-order valence-electron chi connectivity index (χ2n) is 7.59. The summed E-state index contributed by atoms with van der Waals surface area (Å²) >= 11 is 0. The lowest BCUT2D eigenvalue weighted by atomic mass is 10.2. The number of benzene rings is 1. The number of guanidine groups is 1. The lowest BCUT2D eigenvalue weighted by molar-refractivity contribution is 0.173. The molecule has 0 bridgehead atoms. The van der Waals surface area contributed by atoms with E-state index < -0.39 is 0 Å². The highest BCUT2D eigenvalue weighted by Crippen LogP contribution is 2.06. The number of nitrogens with zero attached hydrogens (tertiary/aromatic N) is 4. The van der Waals surface area contributed by atoms with Crippen molar-refractivity contribution in [2.75, 3.05) is 20.1 Å². The number of aliphatic imine (C=N–C) groups is 1. The molecule has 0 aliphatic rings. The minimum atomic E-state index is 0.570. The summed E-state index contributed by atoms with van der Waals surface area (Å²) in [7, 11) is 1.81. The van der Waals surface area contributed by atoms with Crippen molar-refractivity contribution in [3.63, 3.8) is 0 Å². The molecule has 154 valence electrons. The molecule has 0 saturated carbocycles. The Labute approximate surface area is 170 Å². The van der Waals surface area contributed by atoms with Gasteiger partial charge in [0, 0.05) is 51.2 Å². The summed E-state index contributed by atoms with van der Waals surface area (Å²) in [4.78, 5) is 11.3. The third kappa shape index (κ3) is 7.00. The van der Waals surface area contributed by atoms with E-state index in [1.807, 2.05) is 18.5 Å². The third-order valence-electron chi connectivity index (χ3n) is 4.85. The molecule has 6 heteroatoms. The Morgan fingerprint density at radius 2 is 1.82 bits per heavy atom. The van der Waals surface area contributed by atoms with Gasteiger partial charge >= 0.3 is 0 Å². The zero-order valence-corrected chi connectivity index (χ0v) is 18.0. The second-order valence-corrected chi connectivity index (χ2v) is 7.59. The molecule has 0 aliphatic carbocycles. The predicted octanol–water partition coefficient (Wildman–Crippen LogP) is 3.11. The van der Waals surface area contributed by atoms with Crippen LogP contribution in [0.15, 0.2) is 47.7 Å². The summed E-state index contributed by atoms with van der Waals surface area (Å²) in [5, 5.41) is 6.78. The first-order valence-corrected chi connectivity index (χ1v) is 10.3. The molecule has 0 atom stereocenters. The van der Waals surface area contributed by atoms with Crippen LogP contribution in [0.3, 0.4) is 0 Å². The van der Waals surface area contributed by atoms with Crippen molar-refractivity contribution in [2.45, 2.75) is 59.3 Å². The van der Waals surface area contributed by atoms with E-state index in [9.17, 15) is 0 Å². The van der Waals surface area contributed by atoms with E-state index in [0.717, 1.165) is 37.8 Å². The second kappa shape index (κ2) is 11.5. The first-order chi connectivity index (χ1) is 13.5. The minimum Gasteiger partial charge on any atom is -0.356 e. The van der Waals surface area contributed by atoms with Gasteiger partial charge < -0.3 is 15.2 Å². The zero-order chi connectivity index (χ0) is 20.4. The minimum absolute atomic E-state index is 0.570. The molecule has 0 unspecified atom stereocenters. The Morgan fingerprint density at radius 3 is 2.46 bits per heavy atom. The van der Waals surface area contributed by atoms with Crippen LogP contribution in [0.1, 0.15) is 45.5 Å². The smallest absolute Gasteiger partial charge is 0.191 e. The fourth-order valence-electron chi connectivity index (χ4n) is 3.40. The van der Waals surface area contributed by atoms with Gasteiger partial charge in [-0.2, -0.15) is 0 Å². The average Bonchev–Trinajstić information content (AvgIpc) is 3.11. The van der Waals surface area contributed by atoms with Gasteiger partial charge in [0.25, 0.3) is 0 Å². The molecule has 2 aromatic rings. The average molecular weight is 385 g/mol. The number of hydrogen-bond acceptors (Lipinski definition) is 3. The number of nitrogens with one attached hydrogen (secondary N) is 2. The zero-order valence-electron chi connectivity index (χ0n) is 18.0. The first-order valence-electron chi connectivity index (χ1n) is 10.3. The molecule has 28 heavy (non-hydrogen) atoms. The summed E-state index contributed by atoms with van der Waals surface area (Å²) in [5.74, 6) is 1.81. The Balaban J connectivity index is 1.78. The van der Waals surface area contributed by atoms with Crippen LogP contribution in [0.4, 0.5) is 0 Å². The van der Waals surface area contributed by atoms with Crippen LogP contribution in [0, 0.1) is 0 Å². The van der Waals surface area contributed by atoms with Crippen molar-refractivity contribution < 1.29 is 0 Å². The quantitative estimate of drug-likeness (QED) is 0.375. The molecule has 0 aliphatic heterocycles. The van der Waals surface area contributed by atoms with Gasteiger partial charge in [0.2, 0.25) is 0 Å². The molecular formula is C22H36N6. The van der Waals surface area contributed by atoms with Crippen molar-refractivity contribution in [3.8, 4) is 0 Å². The molecule has 6 nitrogen and oxygen atoms in total. The molecule has 2 rings (SSSR count). The maximum absolute atomic E-state index is 4.49. The molecule has 0 saturated heterocycles. The van der Waals surface area contributed by atoms with Crippen LogP contribution in [0.2, 0.25) is 0 Å². The standard InChI is InChI=1S/C22H36N6/c1-18(2)28(19(3)4)14-9-12-25-22(23-5)26-16-21-24-13-15-27(21)17-20-10-7-6-8-11-20/h6-8,10-11,13,15,18-19H,9,12,14,16-17H2,1-5H3,(H2,23,25,26). The first kappa shape index (κ1) is 22.0. The summed E-state index contributed by atoms with van der Waals surface area (Å²) in [6, 6.07) is 11.6. The Hall–Kier alpha value is -2.34. The Morgan fingerprint density at radius 1 is 1.11 bits per heavy atom. The molecule has 1 heterocycles. The van der Waals surface area contributed by atoms with Crippen LogP contribution in [0.25, 0.3) is 0 Å². The van der Waals surface area contributed by atoms with E-state index in [-0.39, 0.29) is 0 Å². The SMILES string of the molecule is CN=C(NCCCN(C(C)C)C(C)C)NCc1nccn1Cc1ccccc1. The maximum Gasteiger partial charge on any atom is 0.191 e. The molecule has 2 N–H and O–H groups in total. The maximum atomic E-state index is 4.49. The van der Waals surface area contributed by atoms with Gasteiger partial charge in [-0.3, -0.25) is 9.89 Å². The monoisotopic (exact) mass is 384 g/mol. The van der Waals surface area contributed by atoms with Crippen molar-refractivity contribution in [1.82, 2.24) is 25.1 Å². The molecule has 0 spiro atoms. The van der Waals surface area contributed by atoms with Gasteiger partial charge in [-0.05, 0) is 39.7 Å². The number of imidazole rings is 1. The van der Waals surface area contributed by atoms with Gasteiger partial charge in [-0.25, -0.2) is 4.98 Å². The number of hydrogen-bond donors (Lipinski definition) is 2. The van der Waals surface area contributed by atoms with E-state index in [0.29, 0.717) is 18.6 Å². The number of rotatable bonds is 10. The highest BCUT2D eigenvalue weighted by molar-refractivity contribution is 5.79. The lowest BCUT2D eigenvalue weighted by Gasteiger charge is -2.30. The van der Waals surface area contributed by atoms with Gasteiger partial charge in [-0.1, -0.05) is 30.3 Å². The van der Waals surface area contributed by atoms with Crippen LogP contribution < -0.4 is 10.6 Å². The molecule has 1 aromatic carbocycles. The third-order valence-corrected chi connectivity index (χ3v) is 4.85. The van der Waals surface area contributed by atoms with Crippen LogP contribution in [0.5, 0.6) is 0 Å². The van der Waals surface area contributed by atoms with Gasteiger partial charge in [-0.15, -0.1) is 0 Å². The summed E-state index contributed by atoms with van der Waals surface area (Å²) < 4.78 is 2.17. The highest BCUT2D eigenvalue weighted by Gasteiger charge is 2.12. The van der Waals surface area contributed by atoms with Gasteiger partial charge in [0.1, 0.15) is 5.82 Å². The Bertz CT molecular complexity index is 697. The van der Waals surface area contributed by atoms with E-state index >= 15 is 0 Å². The fourth-order valence-corrected chi connectivity index (χ4v) is 3.40.